The van der Waals surface area contributed by atoms with Gasteiger partial charge in [-0.25, -0.2) is 0 Å². The summed E-state index contributed by atoms with van der Waals surface area (Å²) in [5.41, 5.74) is 1.11. The molecule has 0 saturated carbocycles. The molecular formula is C18H27N3O2. The summed E-state index contributed by atoms with van der Waals surface area (Å²) in [5, 5.41) is 6.07. The molecule has 0 aromatic heterocycles. The first-order valence-electron chi connectivity index (χ1n) is 8.29. The summed E-state index contributed by atoms with van der Waals surface area (Å²) in [5.74, 6) is 0.0118. The van der Waals surface area contributed by atoms with Gasteiger partial charge in [0.05, 0.1) is 6.54 Å². The van der Waals surface area contributed by atoms with Crippen LogP contribution in [0.1, 0.15) is 50.4 Å². The predicted molar refractivity (Wildman–Crippen MR) is 92.6 cm³/mol. The number of benzene rings is 1. The number of rotatable bonds is 4. The van der Waals surface area contributed by atoms with Gasteiger partial charge in [0.1, 0.15) is 0 Å². The van der Waals surface area contributed by atoms with E-state index in [1.165, 1.54) is 6.42 Å². The number of anilines is 1. The molecule has 1 aromatic rings. The highest BCUT2D eigenvalue weighted by Crippen LogP contribution is 2.13. The normalized spacial score (nSPS) is 15.2. The van der Waals surface area contributed by atoms with E-state index in [1.54, 1.807) is 12.1 Å². The van der Waals surface area contributed by atoms with Crippen molar-refractivity contribution in [3.63, 3.8) is 0 Å². The SMILES string of the molecule is CC(C)(C)NC(=O)c1cccc(NCC(=O)N2CCCCC2)c1. The summed E-state index contributed by atoms with van der Waals surface area (Å²) >= 11 is 0. The monoisotopic (exact) mass is 317 g/mol. The Balaban J connectivity index is 1.92. The van der Waals surface area contributed by atoms with Crippen LogP contribution in [0, 0.1) is 0 Å². The molecule has 23 heavy (non-hydrogen) atoms. The van der Waals surface area contributed by atoms with Crippen LogP contribution in [0.4, 0.5) is 5.69 Å². The van der Waals surface area contributed by atoms with Crippen molar-refractivity contribution in [2.75, 3.05) is 25.0 Å². The van der Waals surface area contributed by atoms with Gasteiger partial charge in [0.25, 0.3) is 5.91 Å². The average Bonchev–Trinajstić information content (AvgIpc) is 2.52. The summed E-state index contributed by atoms with van der Waals surface area (Å²) < 4.78 is 0. The maximum Gasteiger partial charge on any atom is 0.251 e. The van der Waals surface area contributed by atoms with Crippen LogP contribution in [-0.4, -0.2) is 41.9 Å². The van der Waals surface area contributed by atoms with Crippen molar-refractivity contribution in [3.05, 3.63) is 29.8 Å². The zero-order valence-corrected chi connectivity index (χ0v) is 14.3. The van der Waals surface area contributed by atoms with Crippen molar-refractivity contribution in [2.45, 2.75) is 45.6 Å². The molecule has 1 aliphatic rings. The number of nitrogens with one attached hydrogen (secondary N) is 2. The van der Waals surface area contributed by atoms with Gasteiger partial charge in [-0.3, -0.25) is 9.59 Å². The second kappa shape index (κ2) is 7.49. The predicted octanol–water partition coefficient (Wildman–Crippen LogP) is 2.64. The van der Waals surface area contributed by atoms with Gasteiger partial charge in [0.2, 0.25) is 5.91 Å². The lowest BCUT2D eigenvalue weighted by Crippen LogP contribution is -2.40. The van der Waals surface area contributed by atoms with Gasteiger partial charge in [-0.15, -0.1) is 0 Å². The van der Waals surface area contributed by atoms with E-state index < -0.39 is 0 Å². The van der Waals surface area contributed by atoms with Crippen LogP contribution in [-0.2, 0) is 4.79 Å². The smallest absolute Gasteiger partial charge is 0.251 e. The standard InChI is InChI=1S/C18H27N3O2/c1-18(2,3)20-17(23)14-8-7-9-15(12-14)19-13-16(22)21-10-5-4-6-11-21/h7-9,12,19H,4-6,10-11,13H2,1-3H3,(H,20,23). The molecule has 0 bridgehead atoms. The van der Waals surface area contributed by atoms with Crippen molar-refractivity contribution in [1.82, 2.24) is 10.2 Å². The van der Waals surface area contributed by atoms with Crippen molar-refractivity contribution in [1.29, 1.82) is 0 Å². The molecular weight excluding hydrogens is 290 g/mol. The fourth-order valence-electron chi connectivity index (χ4n) is 2.62. The van der Waals surface area contributed by atoms with E-state index in [0.717, 1.165) is 31.6 Å². The number of carbonyl (C=O) groups is 2. The van der Waals surface area contributed by atoms with Gasteiger partial charge in [-0.1, -0.05) is 6.07 Å². The van der Waals surface area contributed by atoms with Crippen LogP contribution in [0.2, 0.25) is 0 Å². The number of nitrogens with zero attached hydrogens (tertiary/aromatic N) is 1. The molecule has 5 heteroatoms. The van der Waals surface area contributed by atoms with E-state index in [0.29, 0.717) is 5.56 Å². The molecule has 0 spiro atoms. The number of hydrogen-bond acceptors (Lipinski definition) is 3. The highest BCUT2D eigenvalue weighted by Gasteiger charge is 2.17. The fraction of sp³-hybridized carbons (Fsp3) is 0.556. The van der Waals surface area contributed by atoms with Crippen molar-refractivity contribution in [2.24, 2.45) is 0 Å². The lowest BCUT2D eigenvalue weighted by molar-refractivity contribution is -0.130. The van der Waals surface area contributed by atoms with Crippen LogP contribution >= 0.6 is 0 Å². The molecule has 0 radical (unpaired) electrons. The number of hydrogen-bond donors (Lipinski definition) is 2. The molecule has 2 N–H and O–H groups in total. The Morgan fingerprint density at radius 3 is 2.48 bits per heavy atom. The van der Waals surface area contributed by atoms with Gasteiger partial charge in [-0.2, -0.15) is 0 Å². The molecule has 2 amide bonds. The minimum atomic E-state index is -0.273. The van der Waals surface area contributed by atoms with Crippen LogP contribution < -0.4 is 10.6 Å². The summed E-state index contributed by atoms with van der Waals surface area (Å²) in [7, 11) is 0. The largest absolute Gasteiger partial charge is 0.376 e. The lowest BCUT2D eigenvalue weighted by Gasteiger charge is -2.27. The van der Waals surface area contributed by atoms with E-state index in [4.69, 9.17) is 0 Å². The van der Waals surface area contributed by atoms with E-state index in [-0.39, 0.29) is 23.9 Å². The minimum Gasteiger partial charge on any atom is -0.376 e. The Hall–Kier alpha value is -2.04. The van der Waals surface area contributed by atoms with Gasteiger partial charge < -0.3 is 15.5 Å². The molecule has 0 atom stereocenters. The Bertz CT molecular complexity index is 558. The topological polar surface area (TPSA) is 61.4 Å². The molecule has 1 saturated heterocycles. The third-order valence-corrected chi connectivity index (χ3v) is 3.77. The molecule has 2 rings (SSSR count). The van der Waals surface area contributed by atoms with Crippen LogP contribution in [0.15, 0.2) is 24.3 Å². The Morgan fingerprint density at radius 1 is 1.13 bits per heavy atom. The lowest BCUT2D eigenvalue weighted by atomic mass is 10.1. The molecule has 1 aliphatic heterocycles. The minimum absolute atomic E-state index is 0.108. The number of likely N-dealkylation sites (tertiary alicyclic amines) is 1. The van der Waals surface area contributed by atoms with Gasteiger partial charge in [0.15, 0.2) is 0 Å². The second-order valence-corrected chi connectivity index (χ2v) is 7.08. The Kier molecular flexibility index (Phi) is 5.64. The molecule has 5 nitrogen and oxygen atoms in total. The number of amides is 2. The fourth-order valence-corrected chi connectivity index (χ4v) is 2.62. The molecule has 1 aromatic carbocycles. The summed E-state index contributed by atoms with van der Waals surface area (Å²) in [6.45, 7) is 7.83. The van der Waals surface area contributed by atoms with Crippen LogP contribution in [0.5, 0.6) is 0 Å². The van der Waals surface area contributed by atoms with Crippen molar-refractivity contribution >= 4 is 17.5 Å². The van der Waals surface area contributed by atoms with Gasteiger partial charge in [-0.05, 0) is 58.2 Å². The third-order valence-electron chi connectivity index (χ3n) is 3.77. The molecule has 0 unspecified atom stereocenters. The maximum atomic E-state index is 12.2. The van der Waals surface area contributed by atoms with Crippen molar-refractivity contribution < 1.29 is 9.59 Å². The Labute approximate surface area is 138 Å². The molecule has 1 heterocycles. The zero-order chi connectivity index (χ0) is 16.9. The first-order valence-corrected chi connectivity index (χ1v) is 8.29. The van der Waals surface area contributed by atoms with Crippen molar-refractivity contribution in [3.8, 4) is 0 Å². The average molecular weight is 317 g/mol. The first-order chi connectivity index (χ1) is 10.8. The maximum absolute atomic E-state index is 12.2. The van der Waals surface area contributed by atoms with Crippen LogP contribution in [0.25, 0.3) is 0 Å². The summed E-state index contributed by atoms with van der Waals surface area (Å²) in [4.78, 5) is 26.3. The van der Waals surface area contributed by atoms with E-state index in [2.05, 4.69) is 10.6 Å². The summed E-state index contributed by atoms with van der Waals surface area (Å²) in [6.07, 6.45) is 3.39. The van der Waals surface area contributed by atoms with Gasteiger partial charge >= 0.3 is 0 Å². The highest BCUT2D eigenvalue weighted by molar-refractivity contribution is 5.95. The van der Waals surface area contributed by atoms with Gasteiger partial charge in [0, 0.05) is 29.9 Å². The number of piperidine rings is 1. The molecule has 1 fully saturated rings. The number of carbonyl (C=O) groups excluding carboxylic acids is 2. The molecule has 126 valence electrons. The molecule has 0 aliphatic carbocycles. The van der Waals surface area contributed by atoms with E-state index in [9.17, 15) is 9.59 Å². The quantitative estimate of drug-likeness (QED) is 0.897. The second-order valence-electron chi connectivity index (χ2n) is 7.08. The summed E-state index contributed by atoms with van der Waals surface area (Å²) in [6, 6.07) is 7.26. The van der Waals surface area contributed by atoms with Crippen LogP contribution in [0.3, 0.4) is 0 Å². The highest BCUT2D eigenvalue weighted by atomic mass is 16.2. The first kappa shape index (κ1) is 17.3. The zero-order valence-electron chi connectivity index (χ0n) is 14.3. The van der Waals surface area contributed by atoms with E-state index >= 15 is 0 Å². The van der Waals surface area contributed by atoms with E-state index in [1.807, 2.05) is 37.8 Å². The third kappa shape index (κ3) is 5.58. The Morgan fingerprint density at radius 2 is 1.83 bits per heavy atom.